The summed E-state index contributed by atoms with van der Waals surface area (Å²) >= 11 is 0. The molecule has 0 amide bonds. The summed E-state index contributed by atoms with van der Waals surface area (Å²) in [5.41, 5.74) is 1.01. The number of benzene rings is 1. The maximum Gasteiger partial charge on any atom is 0.309 e. The molecule has 0 radical (unpaired) electrons. The van der Waals surface area contributed by atoms with E-state index in [4.69, 9.17) is 4.74 Å². The van der Waals surface area contributed by atoms with Gasteiger partial charge in [-0.2, -0.15) is 5.10 Å². The second kappa shape index (κ2) is 5.06. The molecule has 2 rings (SSSR count). The van der Waals surface area contributed by atoms with Crippen LogP contribution in [-0.2, 0) is 7.05 Å². The number of methoxy groups -OCH3 is 1. The first-order chi connectivity index (χ1) is 9.06. The van der Waals surface area contributed by atoms with Crippen molar-refractivity contribution in [1.29, 1.82) is 0 Å². The second-order valence-corrected chi connectivity index (χ2v) is 4.11. The monoisotopic (exact) mass is 258 g/mol. The Balaban J connectivity index is 2.85. The van der Waals surface area contributed by atoms with Gasteiger partial charge in [-0.15, -0.1) is 0 Å². The topological polar surface area (TPSA) is 61.2 Å². The number of carbonyl (C=O) groups excluding carboxylic acids is 1. The number of ketones is 1. The molecule has 1 aromatic carbocycles. The SMILES string of the molecule is COc1c(C(C)=O)c(-c2ccccc2)nn(C)c1=O. The smallest absolute Gasteiger partial charge is 0.309 e. The van der Waals surface area contributed by atoms with Crippen LogP contribution in [0.2, 0.25) is 0 Å². The van der Waals surface area contributed by atoms with Gasteiger partial charge < -0.3 is 4.74 Å². The van der Waals surface area contributed by atoms with Crippen LogP contribution in [0.3, 0.4) is 0 Å². The number of hydrogen-bond donors (Lipinski definition) is 0. The quantitative estimate of drug-likeness (QED) is 0.785. The highest BCUT2D eigenvalue weighted by Gasteiger charge is 2.21. The molecule has 0 saturated carbocycles. The van der Waals surface area contributed by atoms with Crippen LogP contribution in [0.4, 0.5) is 0 Å². The van der Waals surface area contributed by atoms with Crippen molar-refractivity contribution in [3.05, 3.63) is 46.2 Å². The van der Waals surface area contributed by atoms with E-state index >= 15 is 0 Å². The minimum Gasteiger partial charge on any atom is -0.490 e. The Morgan fingerprint density at radius 2 is 1.89 bits per heavy atom. The van der Waals surface area contributed by atoms with Crippen molar-refractivity contribution in [1.82, 2.24) is 9.78 Å². The number of ether oxygens (including phenoxy) is 1. The fraction of sp³-hybridized carbons (Fsp3) is 0.214. The van der Waals surface area contributed by atoms with E-state index in [0.29, 0.717) is 5.69 Å². The molecule has 0 N–H and O–H groups in total. The lowest BCUT2D eigenvalue weighted by molar-refractivity contribution is 0.101. The summed E-state index contributed by atoms with van der Waals surface area (Å²) in [7, 11) is 2.90. The lowest BCUT2D eigenvalue weighted by Crippen LogP contribution is -2.25. The molecule has 0 aliphatic carbocycles. The van der Waals surface area contributed by atoms with Gasteiger partial charge in [0.05, 0.1) is 12.7 Å². The van der Waals surface area contributed by atoms with E-state index in [1.165, 1.54) is 25.8 Å². The first-order valence-electron chi connectivity index (χ1n) is 5.78. The molecular weight excluding hydrogens is 244 g/mol. The normalized spacial score (nSPS) is 10.3. The predicted molar refractivity (Wildman–Crippen MR) is 71.5 cm³/mol. The summed E-state index contributed by atoms with van der Waals surface area (Å²) in [4.78, 5) is 23.7. The van der Waals surface area contributed by atoms with Crippen LogP contribution in [0.25, 0.3) is 11.3 Å². The highest BCUT2D eigenvalue weighted by atomic mass is 16.5. The summed E-state index contributed by atoms with van der Waals surface area (Å²) in [6, 6.07) is 9.23. The number of aromatic nitrogens is 2. The van der Waals surface area contributed by atoms with Crippen LogP contribution in [0, 0.1) is 0 Å². The molecule has 0 aliphatic rings. The largest absolute Gasteiger partial charge is 0.490 e. The number of carbonyl (C=O) groups is 1. The molecule has 1 heterocycles. The van der Waals surface area contributed by atoms with E-state index in [-0.39, 0.29) is 17.1 Å². The van der Waals surface area contributed by atoms with Gasteiger partial charge in [0, 0.05) is 12.6 Å². The summed E-state index contributed by atoms with van der Waals surface area (Å²) in [5, 5.41) is 4.18. The Kier molecular flexibility index (Phi) is 3.46. The average Bonchev–Trinajstić information content (AvgIpc) is 2.41. The molecule has 1 aromatic heterocycles. The Morgan fingerprint density at radius 3 is 2.42 bits per heavy atom. The molecule has 5 heteroatoms. The Labute approximate surface area is 110 Å². The number of rotatable bonds is 3. The number of nitrogens with zero attached hydrogens (tertiary/aromatic N) is 2. The maximum absolute atomic E-state index is 11.9. The fourth-order valence-electron chi connectivity index (χ4n) is 1.92. The van der Waals surface area contributed by atoms with Gasteiger partial charge in [-0.1, -0.05) is 30.3 Å². The predicted octanol–water partition coefficient (Wildman–Crippen LogP) is 1.66. The first kappa shape index (κ1) is 13.0. The van der Waals surface area contributed by atoms with E-state index in [9.17, 15) is 9.59 Å². The Bertz CT molecular complexity index is 675. The van der Waals surface area contributed by atoms with Crippen molar-refractivity contribution in [3.63, 3.8) is 0 Å². The highest BCUT2D eigenvalue weighted by molar-refractivity contribution is 6.02. The zero-order valence-electron chi connectivity index (χ0n) is 11.0. The highest BCUT2D eigenvalue weighted by Crippen LogP contribution is 2.26. The molecule has 0 saturated heterocycles. The van der Waals surface area contributed by atoms with Crippen molar-refractivity contribution in [3.8, 4) is 17.0 Å². The van der Waals surface area contributed by atoms with Gasteiger partial charge in [-0.25, -0.2) is 4.68 Å². The summed E-state index contributed by atoms with van der Waals surface area (Å²) in [5.74, 6) is -0.218. The van der Waals surface area contributed by atoms with Crippen molar-refractivity contribution in [2.75, 3.05) is 7.11 Å². The molecular formula is C14H14N2O3. The lowest BCUT2D eigenvalue weighted by Gasteiger charge is -2.12. The molecule has 5 nitrogen and oxygen atoms in total. The van der Waals surface area contributed by atoms with Crippen LogP contribution in [0.15, 0.2) is 35.1 Å². The van der Waals surface area contributed by atoms with E-state index in [1.54, 1.807) is 0 Å². The van der Waals surface area contributed by atoms with Crippen LogP contribution >= 0.6 is 0 Å². The Hall–Kier alpha value is -2.43. The molecule has 2 aromatic rings. The summed E-state index contributed by atoms with van der Waals surface area (Å²) < 4.78 is 6.26. The van der Waals surface area contributed by atoms with Gasteiger partial charge in [0.25, 0.3) is 0 Å². The van der Waals surface area contributed by atoms with Crippen molar-refractivity contribution >= 4 is 5.78 Å². The van der Waals surface area contributed by atoms with Crippen molar-refractivity contribution in [2.24, 2.45) is 7.05 Å². The molecule has 0 atom stereocenters. The molecule has 98 valence electrons. The molecule has 0 bridgehead atoms. The fourth-order valence-corrected chi connectivity index (χ4v) is 1.92. The zero-order valence-corrected chi connectivity index (χ0v) is 11.0. The number of aryl methyl sites for hydroxylation is 1. The van der Waals surface area contributed by atoms with E-state index < -0.39 is 5.56 Å². The molecule has 0 unspecified atom stereocenters. The van der Waals surface area contributed by atoms with E-state index in [0.717, 1.165) is 5.56 Å². The minimum atomic E-state index is -0.424. The molecule has 0 spiro atoms. The van der Waals surface area contributed by atoms with E-state index in [1.807, 2.05) is 30.3 Å². The third kappa shape index (κ3) is 2.27. The zero-order chi connectivity index (χ0) is 14.0. The minimum absolute atomic E-state index is 0.0313. The summed E-state index contributed by atoms with van der Waals surface area (Å²) in [6.45, 7) is 1.39. The van der Waals surface area contributed by atoms with Crippen LogP contribution < -0.4 is 10.3 Å². The molecule has 0 fully saturated rings. The van der Waals surface area contributed by atoms with Gasteiger partial charge in [-0.3, -0.25) is 9.59 Å². The number of hydrogen-bond acceptors (Lipinski definition) is 4. The van der Waals surface area contributed by atoms with Crippen molar-refractivity contribution in [2.45, 2.75) is 6.92 Å². The Morgan fingerprint density at radius 1 is 1.26 bits per heavy atom. The van der Waals surface area contributed by atoms with Gasteiger partial charge in [-0.05, 0) is 6.92 Å². The first-order valence-corrected chi connectivity index (χ1v) is 5.78. The van der Waals surface area contributed by atoms with Crippen LogP contribution in [0.1, 0.15) is 17.3 Å². The standard InChI is InChI=1S/C14H14N2O3/c1-9(17)11-12(10-7-5-4-6-8-10)15-16(2)14(18)13(11)19-3/h4-8H,1-3H3. The lowest BCUT2D eigenvalue weighted by atomic mass is 10.0. The van der Waals surface area contributed by atoms with Crippen LogP contribution in [0.5, 0.6) is 5.75 Å². The van der Waals surface area contributed by atoms with E-state index in [2.05, 4.69) is 5.10 Å². The van der Waals surface area contributed by atoms with Crippen molar-refractivity contribution < 1.29 is 9.53 Å². The summed E-state index contributed by atoms with van der Waals surface area (Å²) in [6.07, 6.45) is 0. The van der Waals surface area contributed by atoms with Gasteiger partial charge in [0.15, 0.2) is 11.5 Å². The van der Waals surface area contributed by atoms with Gasteiger partial charge in [0.1, 0.15) is 5.69 Å². The third-order valence-corrected chi connectivity index (χ3v) is 2.81. The average molecular weight is 258 g/mol. The van der Waals surface area contributed by atoms with Gasteiger partial charge in [0.2, 0.25) is 0 Å². The third-order valence-electron chi connectivity index (χ3n) is 2.81. The number of Topliss-reactive ketones (excluding diaryl/α,β-unsaturated/α-hetero) is 1. The second-order valence-electron chi connectivity index (χ2n) is 4.11. The van der Waals surface area contributed by atoms with Gasteiger partial charge >= 0.3 is 5.56 Å². The molecule has 0 aliphatic heterocycles. The molecule has 19 heavy (non-hydrogen) atoms. The maximum atomic E-state index is 11.9. The van der Waals surface area contributed by atoms with Crippen LogP contribution in [-0.4, -0.2) is 22.7 Å².